The minimum Gasteiger partial charge on any atom is -0.467 e. The van der Waals surface area contributed by atoms with Crippen LogP contribution >= 0.6 is 11.6 Å². The predicted molar refractivity (Wildman–Crippen MR) is 82.5 cm³/mol. The van der Waals surface area contributed by atoms with Crippen LogP contribution in [0.3, 0.4) is 0 Å². The Kier molecular flexibility index (Phi) is 3.04. The highest BCUT2D eigenvalue weighted by Gasteiger charge is 2.32. The molecule has 21 heavy (non-hydrogen) atoms. The molecule has 4 nitrogen and oxygen atoms in total. The largest absolute Gasteiger partial charge is 0.467 e. The number of rotatable bonds is 4. The van der Waals surface area contributed by atoms with Gasteiger partial charge in [0.25, 0.3) is 0 Å². The van der Waals surface area contributed by atoms with Crippen LogP contribution in [-0.2, 0) is 6.54 Å². The molecule has 2 aromatic heterocycles. The average Bonchev–Trinajstić information content (AvgIpc) is 3.23. The number of furan rings is 1. The Labute approximate surface area is 127 Å². The maximum atomic E-state index is 6.16. The third-order valence-corrected chi connectivity index (χ3v) is 4.07. The number of halogens is 1. The summed E-state index contributed by atoms with van der Waals surface area (Å²) in [7, 11) is 0. The summed E-state index contributed by atoms with van der Waals surface area (Å²) in [6, 6.07) is 12.4. The Morgan fingerprint density at radius 1 is 1.10 bits per heavy atom. The SMILES string of the molecule is Clc1nnc(N(Cc2ccco2)C2CC2)c2ccccc12. The highest BCUT2D eigenvalue weighted by Crippen LogP contribution is 2.36. The van der Waals surface area contributed by atoms with Crippen LogP contribution in [0.5, 0.6) is 0 Å². The van der Waals surface area contributed by atoms with E-state index in [0.717, 1.165) is 22.4 Å². The summed E-state index contributed by atoms with van der Waals surface area (Å²) >= 11 is 6.16. The molecule has 0 bridgehead atoms. The molecule has 2 heterocycles. The molecular weight excluding hydrogens is 286 g/mol. The lowest BCUT2D eigenvalue weighted by Gasteiger charge is -2.23. The normalized spacial score (nSPS) is 14.5. The number of fused-ring (bicyclic) bond motifs is 1. The number of benzene rings is 1. The highest BCUT2D eigenvalue weighted by molar-refractivity contribution is 6.34. The lowest BCUT2D eigenvalue weighted by molar-refractivity contribution is 0.500. The van der Waals surface area contributed by atoms with Gasteiger partial charge in [-0.15, -0.1) is 10.2 Å². The van der Waals surface area contributed by atoms with E-state index in [1.54, 1.807) is 6.26 Å². The fourth-order valence-corrected chi connectivity index (χ4v) is 2.81. The van der Waals surface area contributed by atoms with Crippen LogP contribution < -0.4 is 4.90 Å². The Hall–Kier alpha value is -2.07. The third kappa shape index (κ3) is 2.36. The van der Waals surface area contributed by atoms with Crippen molar-refractivity contribution in [3.8, 4) is 0 Å². The summed E-state index contributed by atoms with van der Waals surface area (Å²) in [5.74, 6) is 1.82. The Morgan fingerprint density at radius 3 is 2.62 bits per heavy atom. The second-order valence-corrected chi connectivity index (χ2v) is 5.66. The Balaban J connectivity index is 1.81. The van der Waals surface area contributed by atoms with Crippen LogP contribution in [0.2, 0.25) is 5.15 Å². The molecular formula is C16H14ClN3O. The second kappa shape index (κ2) is 5.04. The van der Waals surface area contributed by atoms with E-state index in [0.29, 0.717) is 17.7 Å². The average molecular weight is 300 g/mol. The first-order valence-corrected chi connectivity index (χ1v) is 7.40. The van der Waals surface area contributed by atoms with Crippen LogP contribution in [0, 0.1) is 0 Å². The molecule has 106 valence electrons. The Bertz CT molecular complexity index is 768. The molecule has 3 aromatic rings. The number of anilines is 1. The van der Waals surface area contributed by atoms with Gasteiger partial charge in [-0.2, -0.15) is 0 Å². The number of hydrogen-bond acceptors (Lipinski definition) is 4. The molecule has 0 unspecified atom stereocenters. The number of aromatic nitrogens is 2. The van der Waals surface area contributed by atoms with E-state index in [4.69, 9.17) is 16.0 Å². The van der Waals surface area contributed by atoms with E-state index in [2.05, 4.69) is 15.1 Å². The molecule has 1 aliphatic rings. The topological polar surface area (TPSA) is 42.2 Å². The monoisotopic (exact) mass is 299 g/mol. The Morgan fingerprint density at radius 2 is 1.90 bits per heavy atom. The van der Waals surface area contributed by atoms with Gasteiger partial charge in [0.15, 0.2) is 11.0 Å². The van der Waals surface area contributed by atoms with Crippen LogP contribution in [-0.4, -0.2) is 16.2 Å². The first-order valence-electron chi connectivity index (χ1n) is 7.03. The predicted octanol–water partition coefficient (Wildman–Crippen LogP) is 4.05. The fraction of sp³-hybridized carbons (Fsp3) is 0.250. The van der Waals surface area contributed by atoms with E-state index in [1.807, 2.05) is 36.4 Å². The van der Waals surface area contributed by atoms with E-state index in [-0.39, 0.29) is 0 Å². The van der Waals surface area contributed by atoms with Crippen molar-refractivity contribution in [1.29, 1.82) is 0 Å². The molecule has 0 saturated heterocycles. The van der Waals surface area contributed by atoms with Crippen LogP contribution in [0.4, 0.5) is 5.82 Å². The molecule has 0 amide bonds. The van der Waals surface area contributed by atoms with Crippen LogP contribution in [0.15, 0.2) is 47.1 Å². The van der Waals surface area contributed by atoms with Gasteiger partial charge in [-0.1, -0.05) is 35.9 Å². The summed E-state index contributed by atoms with van der Waals surface area (Å²) in [6.45, 7) is 0.706. The summed E-state index contributed by atoms with van der Waals surface area (Å²) in [5.41, 5.74) is 0. The van der Waals surface area contributed by atoms with Crippen molar-refractivity contribution in [2.45, 2.75) is 25.4 Å². The van der Waals surface area contributed by atoms with E-state index in [1.165, 1.54) is 12.8 Å². The van der Waals surface area contributed by atoms with Gasteiger partial charge >= 0.3 is 0 Å². The smallest absolute Gasteiger partial charge is 0.159 e. The standard InChI is InChI=1S/C16H14ClN3O/c17-15-13-5-1-2-6-14(13)16(19-18-15)20(11-7-8-11)10-12-4-3-9-21-12/h1-6,9,11H,7-8,10H2. The van der Waals surface area contributed by atoms with E-state index < -0.39 is 0 Å². The zero-order valence-corrected chi connectivity index (χ0v) is 12.1. The van der Waals surface area contributed by atoms with Gasteiger partial charge in [-0.05, 0) is 25.0 Å². The molecule has 1 saturated carbocycles. The minimum atomic E-state index is 0.447. The zero-order chi connectivity index (χ0) is 14.2. The lowest BCUT2D eigenvalue weighted by atomic mass is 10.2. The molecule has 0 atom stereocenters. The first kappa shape index (κ1) is 12.7. The quantitative estimate of drug-likeness (QED) is 0.729. The summed E-state index contributed by atoms with van der Waals surface area (Å²) in [6.07, 6.45) is 4.06. The summed E-state index contributed by atoms with van der Waals surface area (Å²) in [4.78, 5) is 2.27. The van der Waals surface area contributed by atoms with Crippen molar-refractivity contribution in [1.82, 2.24) is 10.2 Å². The van der Waals surface area contributed by atoms with Gasteiger partial charge in [-0.25, -0.2) is 0 Å². The minimum absolute atomic E-state index is 0.447. The number of nitrogens with zero attached hydrogens (tertiary/aromatic N) is 3. The van der Waals surface area contributed by atoms with Gasteiger partial charge in [0.2, 0.25) is 0 Å². The van der Waals surface area contributed by atoms with Crippen molar-refractivity contribution in [3.05, 3.63) is 53.6 Å². The number of hydrogen-bond donors (Lipinski definition) is 0. The molecule has 1 fully saturated rings. The molecule has 0 aliphatic heterocycles. The van der Waals surface area contributed by atoms with Gasteiger partial charge in [0, 0.05) is 16.8 Å². The maximum absolute atomic E-state index is 6.16. The molecule has 5 heteroatoms. The molecule has 1 aliphatic carbocycles. The fourth-order valence-electron chi connectivity index (χ4n) is 2.60. The van der Waals surface area contributed by atoms with E-state index in [9.17, 15) is 0 Å². The van der Waals surface area contributed by atoms with Crippen molar-refractivity contribution in [2.75, 3.05) is 4.90 Å². The van der Waals surface area contributed by atoms with Gasteiger partial charge in [0.1, 0.15) is 5.76 Å². The van der Waals surface area contributed by atoms with Crippen LogP contribution in [0.1, 0.15) is 18.6 Å². The van der Waals surface area contributed by atoms with Crippen molar-refractivity contribution >= 4 is 28.2 Å². The highest BCUT2D eigenvalue weighted by atomic mass is 35.5. The maximum Gasteiger partial charge on any atom is 0.159 e. The van der Waals surface area contributed by atoms with Gasteiger partial charge in [0.05, 0.1) is 12.8 Å². The summed E-state index contributed by atoms with van der Waals surface area (Å²) in [5, 5.41) is 10.9. The van der Waals surface area contributed by atoms with Crippen molar-refractivity contribution in [2.24, 2.45) is 0 Å². The van der Waals surface area contributed by atoms with E-state index >= 15 is 0 Å². The molecule has 4 rings (SSSR count). The molecule has 0 spiro atoms. The van der Waals surface area contributed by atoms with Gasteiger partial charge < -0.3 is 9.32 Å². The zero-order valence-electron chi connectivity index (χ0n) is 11.4. The molecule has 0 radical (unpaired) electrons. The third-order valence-electron chi connectivity index (χ3n) is 3.79. The van der Waals surface area contributed by atoms with Crippen molar-refractivity contribution in [3.63, 3.8) is 0 Å². The first-order chi connectivity index (χ1) is 10.3. The molecule has 0 N–H and O–H groups in total. The summed E-state index contributed by atoms with van der Waals surface area (Å²) < 4.78 is 5.48. The lowest BCUT2D eigenvalue weighted by Crippen LogP contribution is -2.26. The van der Waals surface area contributed by atoms with Crippen LogP contribution in [0.25, 0.3) is 10.8 Å². The second-order valence-electron chi connectivity index (χ2n) is 5.30. The molecule has 1 aromatic carbocycles. The van der Waals surface area contributed by atoms with Crippen molar-refractivity contribution < 1.29 is 4.42 Å². The van der Waals surface area contributed by atoms with Gasteiger partial charge in [-0.3, -0.25) is 0 Å².